The largest absolute Gasteiger partial charge is 0.458 e. The maximum Gasteiger partial charge on any atom is 0.313 e. The Labute approximate surface area is 152 Å². The van der Waals surface area contributed by atoms with Gasteiger partial charge in [-0.05, 0) is 31.2 Å². The molecule has 1 atom stereocenters. The van der Waals surface area contributed by atoms with E-state index < -0.39 is 29.0 Å². The molecule has 2 amide bonds. The molecule has 3 rings (SSSR count). The molecule has 3 aromatic rings. The van der Waals surface area contributed by atoms with E-state index in [0.29, 0.717) is 5.58 Å². The van der Waals surface area contributed by atoms with Gasteiger partial charge in [-0.2, -0.15) is 0 Å². The summed E-state index contributed by atoms with van der Waals surface area (Å²) in [6.07, 6.45) is 0. The number of furan rings is 1. The summed E-state index contributed by atoms with van der Waals surface area (Å²) in [7, 11) is 0. The van der Waals surface area contributed by atoms with E-state index in [1.54, 1.807) is 18.2 Å². The number of amides is 2. The first kappa shape index (κ1) is 18.5. The van der Waals surface area contributed by atoms with Gasteiger partial charge in [-0.25, -0.2) is 8.78 Å². The molecule has 8 heteroatoms. The third-order valence-electron chi connectivity index (χ3n) is 3.93. The van der Waals surface area contributed by atoms with Crippen molar-refractivity contribution in [2.75, 3.05) is 11.9 Å². The highest BCUT2D eigenvalue weighted by atomic mass is 19.2. The van der Waals surface area contributed by atoms with Gasteiger partial charge in [-0.1, -0.05) is 18.2 Å². The summed E-state index contributed by atoms with van der Waals surface area (Å²) in [5, 5.41) is 15.8. The van der Waals surface area contributed by atoms with Crippen LogP contribution in [-0.4, -0.2) is 23.5 Å². The minimum absolute atomic E-state index is 0.0712. The van der Waals surface area contributed by atoms with Gasteiger partial charge in [-0.3, -0.25) is 9.59 Å². The Kier molecular flexibility index (Phi) is 4.91. The summed E-state index contributed by atoms with van der Waals surface area (Å²) in [4.78, 5) is 23.8. The van der Waals surface area contributed by atoms with Crippen LogP contribution in [0.4, 0.5) is 14.5 Å². The predicted molar refractivity (Wildman–Crippen MR) is 93.8 cm³/mol. The average Bonchev–Trinajstić information content (AvgIpc) is 3.08. The van der Waals surface area contributed by atoms with Crippen LogP contribution in [0.5, 0.6) is 0 Å². The van der Waals surface area contributed by atoms with Crippen LogP contribution >= 0.6 is 0 Å². The predicted octanol–water partition coefficient (Wildman–Crippen LogP) is 2.67. The van der Waals surface area contributed by atoms with E-state index in [0.717, 1.165) is 23.6 Å². The number of aliphatic hydroxyl groups is 1. The molecule has 0 spiro atoms. The fourth-order valence-electron chi connectivity index (χ4n) is 2.43. The van der Waals surface area contributed by atoms with Gasteiger partial charge in [0.15, 0.2) is 11.6 Å². The van der Waals surface area contributed by atoms with Crippen molar-refractivity contribution in [3.05, 3.63) is 65.9 Å². The van der Waals surface area contributed by atoms with Crippen molar-refractivity contribution in [2.45, 2.75) is 12.5 Å². The lowest BCUT2D eigenvalue weighted by molar-refractivity contribution is -0.136. The molecule has 0 fully saturated rings. The van der Waals surface area contributed by atoms with Crippen molar-refractivity contribution in [3.8, 4) is 0 Å². The summed E-state index contributed by atoms with van der Waals surface area (Å²) in [5.74, 6) is -4.12. The Balaban J connectivity index is 1.62. The number of carbonyl (C=O) groups excluding carboxylic acids is 2. The number of halogens is 2. The van der Waals surface area contributed by atoms with Gasteiger partial charge < -0.3 is 20.2 Å². The van der Waals surface area contributed by atoms with Crippen LogP contribution in [0.1, 0.15) is 12.7 Å². The molecule has 1 unspecified atom stereocenters. The highest BCUT2D eigenvalue weighted by molar-refractivity contribution is 6.39. The molecule has 0 aliphatic carbocycles. The number of hydrogen-bond donors (Lipinski definition) is 3. The van der Waals surface area contributed by atoms with Crippen molar-refractivity contribution in [3.63, 3.8) is 0 Å². The standard InChI is InChI=1S/C19H16F2N2O4/c1-19(26,16-8-11-4-2-3-5-15(11)27-16)10-22-17(24)18(25)23-12-6-7-13(20)14(21)9-12/h2-9,26H,10H2,1H3,(H,22,24)(H,23,25). The Morgan fingerprint density at radius 2 is 1.81 bits per heavy atom. The molecule has 0 bridgehead atoms. The molecule has 3 N–H and O–H groups in total. The van der Waals surface area contributed by atoms with E-state index in [1.807, 2.05) is 12.1 Å². The first-order valence-corrected chi connectivity index (χ1v) is 8.02. The second-order valence-corrected chi connectivity index (χ2v) is 6.19. The molecule has 2 aromatic carbocycles. The van der Waals surface area contributed by atoms with Gasteiger partial charge in [0.2, 0.25) is 0 Å². The van der Waals surface area contributed by atoms with E-state index in [9.17, 15) is 23.5 Å². The highest BCUT2D eigenvalue weighted by Crippen LogP contribution is 2.27. The zero-order chi connectivity index (χ0) is 19.6. The van der Waals surface area contributed by atoms with Gasteiger partial charge in [0.25, 0.3) is 0 Å². The zero-order valence-corrected chi connectivity index (χ0v) is 14.3. The number of fused-ring (bicyclic) bond motifs is 1. The Bertz CT molecular complexity index is 981. The minimum atomic E-state index is -1.56. The SMILES string of the molecule is CC(O)(CNC(=O)C(=O)Nc1ccc(F)c(F)c1)c1cc2ccccc2o1. The van der Waals surface area contributed by atoms with Gasteiger partial charge in [-0.15, -0.1) is 0 Å². The summed E-state index contributed by atoms with van der Waals surface area (Å²) in [5.41, 5.74) is -1.05. The van der Waals surface area contributed by atoms with Gasteiger partial charge >= 0.3 is 11.8 Å². The van der Waals surface area contributed by atoms with Crippen LogP contribution in [0.15, 0.2) is 52.9 Å². The van der Waals surface area contributed by atoms with Gasteiger partial charge in [0.1, 0.15) is 16.9 Å². The molecule has 6 nitrogen and oxygen atoms in total. The average molecular weight is 374 g/mol. The number of hydrogen-bond acceptors (Lipinski definition) is 4. The molecule has 140 valence electrons. The summed E-state index contributed by atoms with van der Waals surface area (Å²) in [6, 6.07) is 11.5. The van der Waals surface area contributed by atoms with Gasteiger partial charge in [0.05, 0.1) is 6.54 Å². The highest BCUT2D eigenvalue weighted by Gasteiger charge is 2.29. The van der Waals surface area contributed by atoms with Crippen LogP contribution in [-0.2, 0) is 15.2 Å². The van der Waals surface area contributed by atoms with E-state index in [-0.39, 0.29) is 18.0 Å². The van der Waals surface area contributed by atoms with Crippen LogP contribution in [0, 0.1) is 11.6 Å². The molecule has 27 heavy (non-hydrogen) atoms. The first-order chi connectivity index (χ1) is 12.8. The summed E-state index contributed by atoms with van der Waals surface area (Å²) >= 11 is 0. The monoisotopic (exact) mass is 374 g/mol. The third-order valence-corrected chi connectivity index (χ3v) is 3.93. The van der Waals surface area contributed by atoms with E-state index in [4.69, 9.17) is 4.42 Å². The van der Waals surface area contributed by atoms with Crippen molar-refractivity contribution in [1.29, 1.82) is 0 Å². The van der Waals surface area contributed by atoms with Gasteiger partial charge in [0, 0.05) is 17.1 Å². The second-order valence-electron chi connectivity index (χ2n) is 6.19. The van der Waals surface area contributed by atoms with Crippen molar-refractivity contribution >= 4 is 28.5 Å². The topological polar surface area (TPSA) is 91.6 Å². The first-order valence-electron chi connectivity index (χ1n) is 8.02. The van der Waals surface area contributed by atoms with E-state index in [2.05, 4.69) is 10.6 Å². The Morgan fingerprint density at radius 3 is 2.52 bits per heavy atom. The summed E-state index contributed by atoms with van der Waals surface area (Å²) < 4.78 is 31.6. The molecular weight excluding hydrogens is 358 g/mol. The molecule has 1 heterocycles. The number of para-hydroxylation sites is 1. The molecule has 0 saturated heterocycles. The van der Waals surface area contributed by atoms with E-state index in [1.165, 1.54) is 6.92 Å². The molecule has 0 saturated carbocycles. The summed E-state index contributed by atoms with van der Waals surface area (Å²) in [6.45, 7) is 1.13. The Morgan fingerprint density at radius 1 is 1.07 bits per heavy atom. The van der Waals surface area contributed by atoms with Crippen molar-refractivity contribution in [2.24, 2.45) is 0 Å². The second kappa shape index (κ2) is 7.16. The smallest absolute Gasteiger partial charge is 0.313 e. The minimum Gasteiger partial charge on any atom is -0.458 e. The molecule has 0 aliphatic rings. The Hall–Kier alpha value is -3.26. The number of carbonyl (C=O) groups is 2. The lowest BCUT2D eigenvalue weighted by atomic mass is 10.0. The zero-order valence-electron chi connectivity index (χ0n) is 14.3. The number of nitrogens with one attached hydrogen (secondary N) is 2. The molecule has 0 aliphatic heterocycles. The number of rotatable bonds is 4. The van der Waals surface area contributed by atoms with Crippen LogP contribution < -0.4 is 10.6 Å². The lowest BCUT2D eigenvalue weighted by Gasteiger charge is -2.20. The fraction of sp³-hybridized carbons (Fsp3) is 0.158. The molecule has 1 aromatic heterocycles. The van der Waals surface area contributed by atoms with Crippen molar-refractivity contribution < 1.29 is 27.9 Å². The fourth-order valence-corrected chi connectivity index (χ4v) is 2.43. The molecular formula is C19H16F2N2O4. The maximum atomic E-state index is 13.1. The number of benzene rings is 2. The van der Waals surface area contributed by atoms with Crippen molar-refractivity contribution in [1.82, 2.24) is 5.32 Å². The third kappa shape index (κ3) is 4.12. The maximum absolute atomic E-state index is 13.1. The van der Waals surface area contributed by atoms with E-state index >= 15 is 0 Å². The number of anilines is 1. The lowest BCUT2D eigenvalue weighted by Crippen LogP contribution is -2.43. The quantitative estimate of drug-likeness (QED) is 0.613. The molecule has 0 radical (unpaired) electrons. The van der Waals surface area contributed by atoms with Crippen LogP contribution in [0.2, 0.25) is 0 Å². The van der Waals surface area contributed by atoms with Crippen LogP contribution in [0.3, 0.4) is 0 Å². The van der Waals surface area contributed by atoms with Crippen LogP contribution in [0.25, 0.3) is 11.0 Å². The normalized spacial score (nSPS) is 13.2.